The fraction of sp³-hybridized carbons (Fsp3) is 0.0625. The Bertz CT molecular complexity index is 760. The highest BCUT2D eigenvalue weighted by Gasteiger charge is 2.20. The van der Waals surface area contributed by atoms with Gasteiger partial charge in [-0.3, -0.25) is 0 Å². The molecule has 2 heterocycles. The zero-order valence-corrected chi connectivity index (χ0v) is 11.8. The number of rotatable bonds is 1. The van der Waals surface area contributed by atoms with E-state index in [0.29, 0.717) is 0 Å². The molecule has 19 heavy (non-hydrogen) atoms. The quantitative estimate of drug-likeness (QED) is 0.515. The molecule has 1 aromatic heterocycles. The van der Waals surface area contributed by atoms with Crippen molar-refractivity contribution >= 4 is 15.9 Å². The molecule has 2 aromatic carbocycles. The SMILES string of the molecule is Brc1cn2c(n1)Cc1ccc(-c3ccccc3)cc1-2. The molecule has 0 fully saturated rings. The molecule has 0 aliphatic carbocycles. The molecule has 3 aromatic rings. The summed E-state index contributed by atoms with van der Waals surface area (Å²) in [7, 11) is 0. The van der Waals surface area contributed by atoms with Crippen LogP contribution in [0.15, 0.2) is 59.3 Å². The monoisotopic (exact) mass is 310 g/mol. The van der Waals surface area contributed by atoms with Gasteiger partial charge in [-0.1, -0.05) is 42.5 Å². The van der Waals surface area contributed by atoms with E-state index in [9.17, 15) is 0 Å². The van der Waals surface area contributed by atoms with Crippen LogP contribution in [0.25, 0.3) is 16.8 Å². The average Bonchev–Trinajstić information content (AvgIpc) is 2.95. The molecule has 0 bridgehead atoms. The molecule has 0 radical (unpaired) electrons. The second-order valence-electron chi connectivity index (χ2n) is 4.74. The van der Waals surface area contributed by atoms with Gasteiger partial charge in [0, 0.05) is 12.6 Å². The number of aromatic nitrogens is 2. The van der Waals surface area contributed by atoms with Gasteiger partial charge < -0.3 is 4.57 Å². The van der Waals surface area contributed by atoms with Crippen LogP contribution in [0.3, 0.4) is 0 Å². The van der Waals surface area contributed by atoms with Crippen LogP contribution < -0.4 is 0 Å². The minimum Gasteiger partial charge on any atom is -0.302 e. The topological polar surface area (TPSA) is 17.8 Å². The van der Waals surface area contributed by atoms with E-state index in [4.69, 9.17) is 0 Å². The third-order valence-electron chi connectivity index (χ3n) is 3.55. The molecule has 3 heteroatoms. The first-order chi connectivity index (χ1) is 9.31. The van der Waals surface area contributed by atoms with E-state index < -0.39 is 0 Å². The molecule has 1 aliphatic rings. The van der Waals surface area contributed by atoms with Crippen molar-refractivity contribution in [3.8, 4) is 16.8 Å². The van der Waals surface area contributed by atoms with Gasteiger partial charge in [0.05, 0.1) is 5.69 Å². The Morgan fingerprint density at radius 3 is 2.68 bits per heavy atom. The lowest BCUT2D eigenvalue weighted by molar-refractivity contribution is 0.996. The largest absolute Gasteiger partial charge is 0.302 e. The summed E-state index contributed by atoms with van der Waals surface area (Å²) >= 11 is 3.44. The minimum absolute atomic E-state index is 0.901. The molecule has 2 nitrogen and oxygen atoms in total. The maximum atomic E-state index is 4.49. The molecule has 0 amide bonds. The van der Waals surface area contributed by atoms with Gasteiger partial charge in [-0.25, -0.2) is 4.98 Å². The molecule has 0 spiro atoms. The van der Waals surface area contributed by atoms with Crippen molar-refractivity contribution < 1.29 is 0 Å². The van der Waals surface area contributed by atoms with Crippen molar-refractivity contribution in [2.45, 2.75) is 6.42 Å². The van der Waals surface area contributed by atoms with E-state index in [1.807, 2.05) is 12.3 Å². The average molecular weight is 311 g/mol. The predicted molar refractivity (Wildman–Crippen MR) is 79.5 cm³/mol. The summed E-state index contributed by atoms with van der Waals surface area (Å²) in [6, 6.07) is 17.1. The Hall–Kier alpha value is -1.87. The maximum absolute atomic E-state index is 4.49. The molecule has 0 saturated carbocycles. The molecular weight excluding hydrogens is 300 g/mol. The van der Waals surface area contributed by atoms with Crippen molar-refractivity contribution in [3.05, 3.63) is 70.7 Å². The summed E-state index contributed by atoms with van der Waals surface area (Å²) < 4.78 is 3.07. The van der Waals surface area contributed by atoms with Gasteiger partial charge in [0.15, 0.2) is 0 Å². The van der Waals surface area contributed by atoms with Crippen molar-refractivity contribution in [1.29, 1.82) is 0 Å². The van der Waals surface area contributed by atoms with Crippen LogP contribution in [0.2, 0.25) is 0 Å². The Kier molecular flexibility index (Phi) is 2.35. The highest BCUT2D eigenvalue weighted by atomic mass is 79.9. The lowest BCUT2D eigenvalue weighted by Crippen LogP contribution is -1.90. The smallest absolute Gasteiger partial charge is 0.124 e. The zero-order chi connectivity index (χ0) is 12.8. The van der Waals surface area contributed by atoms with Crippen LogP contribution in [0.5, 0.6) is 0 Å². The van der Waals surface area contributed by atoms with Crippen molar-refractivity contribution in [2.24, 2.45) is 0 Å². The van der Waals surface area contributed by atoms with E-state index in [0.717, 1.165) is 16.8 Å². The number of nitrogens with zero attached hydrogens (tertiary/aromatic N) is 2. The van der Waals surface area contributed by atoms with Gasteiger partial charge >= 0.3 is 0 Å². The molecule has 0 atom stereocenters. The number of benzene rings is 2. The first-order valence-electron chi connectivity index (χ1n) is 6.24. The third kappa shape index (κ3) is 1.73. The number of fused-ring (bicyclic) bond motifs is 3. The summed E-state index contributed by atoms with van der Waals surface area (Å²) in [6.45, 7) is 0. The second-order valence-corrected chi connectivity index (χ2v) is 5.55. The lowest BCUT2D eigenvalue weighted by Gasteiger charge is -2.06. The van der Waals surface area contributed by atoms with Crippen molar-refractivity contribution in [2.75, 3.05) is 0 Å². The minimum atomic E-state index is 0.901. The first kappa shape index (κ1) is 11.0. The van der Waals surface area contributed by atoms with E-state index in [1.165, 1.54) is 22.4 Å². The summed E-state index contributed by atoms with van der Waals surface area (Å²) in [5, 5.41) is 0. The molecule has 4 rings (SSSR count). The van der Waals surface area contributed by atoms with Gasteiger partial charge in [0.25, 0.3) is 0 Å². The molecule has 0 saturated heterocycles. The standard InChI is InChI=1S/C16H11BrN2/c17-15-10-19-14-8-12(11-4-2-1-3-5-11)6-7-13(14)9-16(19)18-15/h1-8,10H,9H2. The van der Waals surface area contributed by atoms with Crippen LogP contribution >= 0.6 is 15.9 Å². The van der Waals surface area contributed by atoms with E-state index in [-0.39, 0.29) is 0 Å². The molecule has 0 unspecified atom stereocenters. The highest BCUT2D eigenvalue weighted by Crippen LogP contribution is 2.32. The fourth-order valence-corrected chi connectivity index (χ4v) is 3.05. The van der Waals surface area contributed by atoms with E-state index in [1.54, 1.807) is 0 Å². The number of hydrogen-bond acceptors (Lipinski definition) is 1. The number of imidazole rings is 1. The fourth-order valence-electron chi connectivity index (χ4n) is 2.64. The normalized spacial score (nSPS) is 12.3. The van der Waals surface area contributed by atoms with Crippen LogP contribution in [0, 0.1) is 0 Å². The number of halogens is 1. The Balaban J connectivity index is 1.88. The van der Waals surface area contributed by atoms with Crippen LogP contribution in [-0.4, -0.2) is 9.55 Å². The van der Waals surface area contributed by atoms with Gasteiger partial charge in [-0.15, -0.1) is 0 Å². The van der Waals surface area contributed by atoms with Crippen molar-refractivity contribution in [3.63, 3.8) is 0 Å². The molecule has 92 valence electrons. The maximum Gasteiger partial charge on any atom is 0.124 e. The van der Waals surface area contributed by atoms with E-state index >= 15 is 0 Å². The van der Waals surface area contributed by atoms with Gasteiger partial charge in [-0.05, 0) is 38.7 Å². The van der Waals surface area contributed by atoms with Gasteiger partial charge in [-0.2, -0.15) is 0 Å². The van der Waals surface area contributed by atoms with Gasteiger partial charge in [0.1, 0.15) is 10.4 Å². The second kappa shape index (κ2) is 4.07. The lowest BCUT2D eigenvalue weighted by atomic mass is 10.0. The molecular formula is C16H11BrN2. The predicted octanol–water partition coefficient (Wildman–Crippen LogP) is 4.21. The van der Waals surface area contributed by atoms with Crippen LogP contribution in [0.1, 0.15) is 11.4 Å². The summed E-state index contributed by atoms with van der Waals surface area (Å²) in [5.41, 5.74) is 5.08. The summed E-state index contributed by atoms with van der Waals surface area (Å²) in [5.74, 6) is 1.10. The molecule has 0 N–H and O–H groups in total. The summed E-state index contributed by atoms with van der Waals surface area (Å²) in [6.07, 6.45) is 2.95. The zero-order valence-electron chi connectivity index (χ0n) is 10.2. The Morgan fingerprint density at radius 1 is 1.00 bits per heavy atom. The van der Waals surface area contributed by atoms with E-state index in [2.05, 4.69) is 67.9 Å². The van der Waals surface area contributed by atoms with Crippen LogP contribution in [-0.2, 0) is 6.42 Å². The van der Waals surface area contributed by atoms with Gasteiger partial charge in [0.2, 0.25) is 0 Å². The Morgan fingerprint density at radius 2 is 1.84 bits per heavy atom. The van der Waals surface area contributed by atoms with Crippen LogP contribution in [0.4, 0.5) is 0 Å². The Labute approximate surface area is 119 Å². The third-order valence-corrected chi connectivity index (χ3v) is 3.93. The highest BCUT2D eigenvalue weighted by molar-refractivity contribution is 9.10. The first-order valence-corrected chi connectivity index (χ1v) is 7.03. The molecule has 1 aliphatic heterocycles. The van der Waals surface area contributed by atoms with Crippen molar-refractivity contribution in [1.82, 2.24) is 9.55 Å². The summed E-state index contributed by atoms with van der Waals surface area (Å²) in [4.78, 5) is 4.49. The number of hydrogen-bond donors (Lipinski definition) is 0.